The van der Waals surface area contributed by atoms with E-state index in [0.717, 1.165) is 11.1 Å². The molecule has 0 aliphatic heterocycles. The average Bonchev–Trinajstić information content (AvgIpc) is 3.22. The Labute approximate surface area is 152 Å². The Hall–Kier alpha value is -3.05. The number of hydrogen-bond acceptors (Lipinski definition) is 3. The lowest BCUT2D eigenvalue weighted by Gasteiger charge is -2.20. The van der Waals surface area contributed by atoms with Crippen molar-refractivity contribution in [1.29, 1.82) is 0 Å². The van der Waals surface area contributed by atoms with Gasteiger partial charge >= 0.3 is 6.03 Å². The normalized spacial score (nSPS) is 11.9. The summed E-state index contributed by atoms with van der Waals surface area (Å²) in [6.45, 7) is 0.337. The maximum atomic E-state index is 12.3. The third-order valence-corrected chi connectivity index (χ3v) is 4.12. The maximum absolute atomic E-state index is 12.3. The van der Waals surface area contributed by atoms with Gasteiger partial charge < -0.3 is 20.2 Å². The maximum Gasteiger partial charge on any atom is 0.315 e. The molecule has 0 aliphatic rings. The van der Waals surface area contributed by atoms with Crippen molar-refractivity contribution in [2.45, 2.75) is 18.6 Å². The number of furan rings is 1. The van der Waals surface area contributed by atoms with E-state index >= 15 is 0 Å². The van der Waals surface area contributed by atoms with Crippen LogP contribution in [0.3, 0.4) is 0 Å². The highest BCUT2D eigenvalue weighted by Gasteiger charge is 2.17. The fourth-order valence-corrected chi connectivity index (χ4v) is 2.78. The zero-order valence-corrected chi connectivity index (χ0v) is 14.3. The SMILES string of the molecule is O=C(NCC[C@H](O)c1ccco1)NC(c1ccccc1)c1ccccc1. The second kappa shape index (κ2) is 8.87. The zero-order valence-electron chi connectivity index (χ0n) is 14.3. The minimum absolute atomic E-state index is 0.243. The molecule has 0 fully saturated rings. The average molecular weight is 350 g/mol. The van der Waals surface area contributed by atoms with E-state index in [-0.39, 0.29) is 12.1 Å². The first-order valence-corrected chi connectivity index (χ1v) is 8.60. The molecular formula is C21H22N2O3. The van der Waals surface area contributed by atoms with E-state index < -0.39 is 6.10 Å². The van der Waals surface area contributed by atoms with Crippen LogP contribution < -0.4 is 10.6 Å². The molecule has 0 radical (unpaired) electrons. The molecule has 0 aliphatic carbocycles. The van der Waals surface area contributed by atoms with Crippen molar-refractivity contribution in [3.8, 4) is 0 Å². The van der Waals surface area contributed by atoms with Gasteiger partial charge in [-0.15, -0.1) is 0 Å². The fraction of sp³-hybridized carbons (Fsp3) is 0.190. The van der Waals surface area contributed by atoms with Crippen LogP contribution in [-0.2, 0) is 0 Å². The lowest BCUT2D eigenvalue weighted by atomic mass is 9.99. The summed E-state index contributed by atoms with van der Waals surface area (Å²) >= 11 is 0. The van der Waals surface area contributed by atoms with Gasteiger partial charge in [-0.2, -0.15) is 0 Å². The highest BCUT2D eigenvalue weighted by atomic mass is 16.4. The number of amides is 2. The molecule has 0 spiro atoms. The van der Waals surface area contributed by atoms with Crippen molar-refractivity contribution in [1.82, 2.24) is 10.6 Å². The van der Waals surface area contributed by atoms with Crippen LogP contribution in [0, 0.1) is 0 Å². The van der Waals surface area contributed by atoms with Crippen LogP contribution in [0.5, 0.6) is 0 Å². The first kappa shape index (κ1) is 17.8. The number of benzene rings is 2. The monoisotopic (exact) mass is 350 g/mol. The molecule has 26 heavy (non-hydrogen) atoms. The van der Waals surface area contributed by atoms with E-state index in [1.54, 1.807) is 12.1 Å². The van der Waals surface area contributed by atoms with E-state index in [1.807, 2.05) is 60.7 Å². The molecule has 1 aromatic heterocycles. The Morgan fingerprint density at radius 1 is 0.923 bits per heavy atom. The van der Waals surface area contributed by atoms with Gasteiger partial charge in [-0.3, -0.25) is 0 Å². The van der Waals surface area contributed by atoms with Crippen LogP contribution >= 0.6 is 0 Å². The third-order valence-electron chi connectivity index (χ3n) is 4.12. The molecule has 5 heteroatoms. The third kappa shape index (κ3) is 4.74. The van der Waals surface area contributed by atoms with Crippen molar-refractivity contribution < 1.29 is 14.3 Å². The molecule has 0 saturated carbocycles. The summed E-state index contributed by atoms with van der Waals surface area (Å²) < 4.78 is 5.15. The minimum atomic E-state index is -0.732. The molecule has 0 saturated heterocycles. The largest absolute Gasteiger partial charge is 0.467 e. The van der Waals surface area contributed by atoms with Crippen LogP contribution in [0.25, 0.3) is 0 Å². The van der Waals surface area contributed by atoms with Gasteiger partial charge in [0.15, 0.2) is 0 Å². The molecule has 3 rings (SSSR count). The molecule has 1 heterocycles. The summed E-state index contributed by atoms with van der Waals surface area (Å²) in [5, 5.41) is 15.8. The summed E-state index contributed by atoms with van der Waals surface area (Å²) in [5.41, 5.74) is 2.01. The molecule has 134 valence electrons. The highest BCUT2D eigenvalue weighted by molar-refractivity contribution is 5.75. The number of rotatable bonds is 7. The molecule has 3 N–H and O–H groups in total. The van der Waals surface area contributed by atoms with Gasteiger partial charge in [0, 0.05) is 6.54 Å². The topological polar surface area (TPSA) is 74.5 Å². The van der Waals surface area contributed by atoms with E-state index in [1.165, 1.54) is 6.26 Å². The predicted molar refractivity (Wildman–Crippen MR) is 99.5 cm³/mol. The number of hydrogen-bond donors (Lipinski definition) is 3. The van der Waals surface area contributed by atoms with Gasteiger partial charge in [0.1, 0.15) is 11.9 Å². The number of urea groups is 1. The molecule has 1 atom stereocenters. The lowest BCUT2D eigenvalue weighted by molar-refractivity contribution is 0.140. The van der Waals surface area contributed by atoms with Crippen molar-refractivity contribution in [2.75, 3.05) is 6.54 Å². The highest BCUT2D eigenvalue weighted by Crippen LogP contribution is 2.21. The van der Waals surface area contributed by atoms with Crippen molar-refractivity contribution in [2.24, 2.45) is 0 Å². The summed E-state index contributed by atoms with van der Waals surface area (Å²) in [6.07, 6.45) is 1.16. The quantitative estimate of drug-likeness (QED) is 0.607. The Kier molecular flexibility index (Phi) is 6.06. The van der Waals surface area contributed by atoms with Crippen molar-refractivity contribution in [3.63, 3.8) is 0 Å². The minimum Gasteiger partial charge on any atom is -0.467 e. The van der Waals surface area contributed by atoms with Gasteiger partial charge in [-0.05, 0) is 29.7 Å². The van der Waals surface area contributed by atoms with Crippen LogP contribution in [0.1, 0.15) is 35.5 Å². The fourth-order valence-electron chi connectivity index (χ4n) is 2.78. The molecule has 2 aromatic carbocycles. The Balaban J connectivity index is 1.59. The van der Waals surface area contributed by atoms with Gasteiger partial charge in [0.2, 0.25) is 0 Å². The number of aliphatic hydroxyl groups excluding tert-OH is 1. The Morgan fingerprint density at radius 3 is 2.08 bits per heavy atom. The summed E-state index contributed by atoms with van der Waals surface area (Å²) in [6, 6.07) is 22.5. The number of carbonyl (C=O) groups is 1. The van der Waals surface area contributed by atoms with Crippen LogP contribution in [0.15, 0.2) is 83.5 Å². The molecule has 2 amide bonds. The molecule has 0 bridgehead atoms. The Morgan fingerprint density at radius 2 is 1.54 bits per heavy atom. The second-order valence-electron chi connectivity index (χ2n) is 5.97. The van der Waals surface area contributed by atoms with Gasteiger partial charge in [0.05, 0.1) is 12.3 Å². The van der Waals surface area contributed by atoms with Crippen LogP contribution in [0.4, 0.5) is 4.79 Å². The smallest absolute Gasteiger partial charge is 0.315 e. The van der Waals surface area contributed by atoms with E-state index in [4.69, 9.17) is 4.42 Å². The molecule has 3 aromatic rings. The Bertz CT molecular complexity index is 749. The lowest BCUT2D eigenvalue weighted by Crippen LogP contribution is -2.39. The first-order chi connectivity index (χ1) is 12.7. The molecule has 5 nitrogen and oxygen atoms in total. The van der Waals surface area contributed by atoms with Crippen molar-refractivity contribution >= 4 is 6.03 Å². The first-order valence-electron chi connectivity index (χ1n) is 8.60. The van der Waals surface area contributed by atoms with Crippen LogP contribution in [0.2, 0.25) is 0 Å². The zero-order chi connectivity index (χ0) is 18.2. The van der Waals surface area contributed by atoms with E-state index in [0.29, 0.717) is 18.7 Å². The van der Waals surface area contributed by atoms with Gasteiger partial charge in [-0.1, -0.05) is 60.7 Å². The van der Waals surface area contributed by atoms with E-state index in [2.05, 4.69) is 10.6 Å². The summed E-state index contributed by atoms with van der Waals surface area (Å²) in [5.74, 6) is 0.499. The number of aliphatic hydroxyl groups is 1. The molecule has 0 unspecified atom stereocenters. The van der Waals surface area contributed by atoms with Gasteiger partial charge in [-0.25, -0.2) is 4.79 Å². The summed E-state index contributed by atoms with van der Waals surface area (Å²) in [4.78, 5) is 12.3. The molecular weight excluding hydrogens is 328 g/mol. The standard InChI is InChI=1S/C21H22N2O3/c24-18(19-12-7-15-26-19)13-14-22-21(25)23-20(16-8-3-1-4-9-16)17-10-5-2-6-11-17/h1-12,15,18,20,24H,13-14H2,(H2,22,23,25)/t18-/m0/s1. The number of carbonyl (C=O) groups excluding carboxylic acids is 1. The van der Waals surface area contributed by atoms with E-state index in [9.17, 15) is 9.90 Å². The number of nitrogens with one attached hydrogen (secondary N) is 2. The van der Waals surface area contributed by atoms with Gasteiger partial charge in [0.25, 0.3) is 0 Å². The summed E-state index contributed by atoms with van der Waals surface area (Å²) in [7, 11) is 0. The van der Waals surface area contributed by atoms with Crippen LogP contribution in [-0.4, -0.2) is 17.7 Å². The second-order valence-corrected chi connectivity index (χ2v) is 5.97. The van der Waals surface area contributed by atoms with Crippen molar-refractivity contribution in [3.05, 3.63) is 95.9 Å². The predicted octanol–water partition coefficient (Wildman–Crippen LogP) is 3.79.